The largest absolute Gasteiger partial charge is 0.399 e. The van der Waals surface area contributed by atoms with Gasteiger partial charge in [0, 0.05) is 30.7 Å². The van der Waals surface area contributed by atoms with Crippen LogP contribution in [0.4, 0.5) is 11.4 Å². The summed E-state index contributed by atoms with van der Waals surface area (Å²) in [5, 5.41) is 6.78. The van der Waals surface area contributed by atoms with Gasteiger partial charge in [-0.3, -0.25) is 4.79 Å². The maximum Gasteiger partial charge on any atom is 0.221 e. The van der Waals surface area contributed by atoms with E-state index in [4.69, 9.17) is 5.73 Å². The van der Waals surface area contributed by atoms with E-state index in [0.29, 0.717) is 11.4 Å². The predicted octanol–water partition coefficient (Wildman–Crippen LogP) is 1.41. The zero-order valence-corrected chi connectivity index (χ0v) is 8.84. The maximum absolute atomic E-state index is 10.9. The highest BCUT2D eigenvalue weighted by Gasteiger charge is 2.02. The Morgan fingerprint density at radius 2 is 2.25 bits per heavy atom. The Morgan fingerprint density at radius 1 is 1.44 bits per heavy atom. The van der Waals surface area contributed by atoms with Crippen molar-refractivity contribution < 1.29 is 4.79 Å². The molecule has 0 atom stereocenters. The lowest BCUT2D eigenvalue weighted by Gasteiger charge is -2.07. The van der Waals surface area contributed by atoms with Crippen LogP contribution in [0.3, 0.4) is 0 Å². The van der Waals surface area contributed by atoms with Gasteiger partial charge >= 0.3 is 0 Å². The lowest BCUT2D eigenvalue weighted by atomic mass is 10.2. The van der Waals surface area contributed by atoms with Crippen LogP contribution in [0.5, 0.6) is 0 Å². The molecule has 0 aliphatic carbocycles. The molecule has 1 aromatic heterocycles. The third-order valence-electron chi connectivity index (χ3n) is 2.03. The molecule has 5 heteroatoms. The van der Waals surface area contributed by atoms with E-state index in [9.17, 15) is 4.79 Å². The maximum atomic E-state index is 10.9. The van der Waals surface area contributed by atoms with Crippen molar-refractivity contribution in [3.8, 4) is 5.69 Å². The Hall–Kier alpha value is -2.30. The van der Waals surface area contributed by atoms with E-state index in [2.05, 4.69) is 10.4 Å². The molecule has 1 heterocycles. The van der Waals surface area contributed by atoms with Crippen molar-refractivity contribution >= 4 is 17.3 Å². The molecular weight excluding hydrogens is 204 g/mol. The second-order valence-corrected chi connectivity index (χ2v) is 3.45. The smallest absolute Gasteiger partial charge is 0.221 e. The van der Waals surface area contributed by atoms with Crippen molar-refractivity contribution in [3.05, 3.63) is 36.7 Å². The van der Waals surface area contributed by atoms with Crippen LogP contribution in [0.15, 0.2) is 36.7 Å². The molecule has 0 spiro atoms. The molecule has 16 heavy (non-hydrogen) atoms. The number of nitrogens with one attached hydrogen (secondary N) is 1. The van der Waals surface area contributed by atoms with Crippen LogP contribution < -0.4 is 11.1 Å². The molecular formula is C11H12N4O. The Balaban J connectivity index is 2.40. The minimum absolute atomic E-state index is 0.128. The van der Waals surface area contributed by atoms with Gasteiger partial charge in [-0.2, -0.15) is 5.10 Å². The van der Waals surface area contributed by atoms with Crippen LogP contribution in [0.1, 0.15) is 6.92 Å². The van der Waals surface area contributed by atoms with E-state index >= 15 is 0 Å². The number of benzene rings is 1. The molecule has 2 rings (SSSR count). The Labute approximate surface area is 92.9 Å². The molecule has 0 aliphatic rings. The fourth-order valence-corrected chi connectivity index (χ4v) is 1.46. The van der Waals surface area contributed by atoms with Crippen molar-refractivity contribution in [2.75, 3.05) is 11.1 Å². The Bertz CT molecular complexity index is 505. The van der Waals surface area contributed by atoms with Gasteiger partial charge in [-0.25, -0.2) is 4.68 Å². The van der Waals surface area contributed by atoms with Crippen LogP contribution >= 0.6 is 0 Å². The number of amides is 1. The minimum Gasteiger partial charge on any atom is -0.399 e. The van der Waals surface area contributed by atoms with Gasteiger partial charge in [0.15, 0.2) is 0 Å². The average Bonchev–Trinajstić information content (AvgIpc) is 2.67. The van der Waals surface area contributed by atoms with Crippen LogP contribution in [0, 0.1) is 0 Å². The van der Waals surface area contributed by atoms with Gasteiger partial charge in [-0.15, -0.1) is 0 Å². The number of carbonyl (C=O) groups is 1. The summed E-state index contributed by atoms with van der Waals surface area (Å²) in [7, 11) is 0. The fourth-order valence-electron chi connectivity index (χ4n) is 1.46. The molecule has 1 amide bonds. The summed E-state index contributed by atoms with van der Waals surface area (Å²) >= 11 is 0. The first kappa shape index (κ1) is 10.2. The molecule has 0 saturated heterocycles. The number of carbonyl (C=O) groups excluding carboxylic acids is 1. The normalized spacial score (nSPS) is 10.1. The van der Waals surface area contributed by atoms with Crippen LogP contribution in [0.2, 0.25) is 0 Å². The summed E-state index contributed by atoms with van der Waals surface area (Å²) in [4.78, 5) is 10.9. The molecule has 3 N–H and O–H groups in total. The first-order chi connectivity index (χ1) is 7.65. The van der Waals surface area contributed by atoms with E-state index in [1.807, 2.05) is 18.3 Å². The average molecular weight is 216 g/mol. The molecule has 0 radical (unpaired) electrons. The molecule has 5 nitrogen and oxygen atoms in total. The van der Waals surface area contributed by atoms with Gasteiger partial charge in [-0.05, 0) is 24.3 Å². The third kappa shape index (κ3) is 2.20. The highest BCUT2D eigenvalue weighted by Crippen LogP contribution is 2.19. The van der Waals surface area contributed by atoms with Gasteiger partial charge in [0.25, 0.3) is 0 Å². The first-order valence-electron chi connectivity index (χ1n) is 4.83. The lowest BCUT2D eigenvalue weighted by Crippen LogP contribution is -2.07. The number of aromatic nitrogens is 2. The molecule has 2 aromatic rings. The van der Waals surface area contributed by atoms with E-state index in [-0.39, 0.29) is 5.91 Å². The standard InChI is InChI=1S/C11H12N4O/c1-8(16)14-10-5-9(12)6-11(7-10)15-4-2-3-13-15/h2-7H,12H2,1H3,(H,14,16). The number of anilines is 2. The van der Waals surface area contributed by atoms with E-state index in [1.165, 1.54) is 6.92 Å². The quantitative estimate of drug-likeness (QED) is 0.745. The number of hydrogen-bond acceptors (Lipinski definition) is 3. The number of nitrogens with two attached hydrogens (primary N) is 1. The van der Waals surface area contributed by atoms with Crippen molar-refractivity contribution in [2.45, 2.75) is 6.92 Å². The van der Waals surface area contributed by atoms with E-state index in [0.717, 1.165) is 5.69 Å². The zero-order chi connectivity index (χ0) is 11.5. The van der Waals surface area contributed by atoms with Gasteiger partial charge in [0.2, 0.25) is 5.91 Å². The van der Waals surface area contributed by atoms with Gasteiger partial charge in [-0.1, -0.05) is 0 Å². The molecule has 1 aromatic carbocycles. The van der Waals surface area contributed by atoms with Crippen LogP contribution in [-0.2, 0) is 4.79 Å². The summed E-state index contributed by atoms with van der Waals surface area (Å²) in [6.07, 6.45) is 3.49. The Kier molecular flexibility index (Phi) is 2.59. The van der Waals surface area contributed by atoms with Crippen molar-refractivity contribution in [1.82, 2.24) is 9.78 Å². The first-order valence-corrected chi connectivity index (χ1v) is 4.83. The van der Waals surface area contributed by atoms with Gasteiger partial charge in [0.05, 0.1) is 5.69 Å². The number of nitrogen functional groups attached to an aromatic ring is 1. The molecule has 0 aliphatic heterocycles. The summed E-state index contributed by atoms with van der Waals surface area (Å²) < 4.78 is 1.68. The zero-order valence-electron chi connectivity index (χ0n) is 8.84. The van der Waals surface area contributed by atoms with Crippen LogP contribution in [0.25, 0.3) is 5.69 Å². The second kappa shape index (κ2) is 4.06. The molecule has 0 fully saturated rings. The molecule has 82 valence electrons. The molecule has 0 bridgehead atoms. The topological polar surface area (TPSA) is 72.9 Å². The van der Waals surface area contributed by atoms with Crippen molar-refractivity contribution in [1.29, 1.82) is 0 Å². The van der Waals surface area contributed by atoms with Crippen molar-refractivity contribution in [2.24, 2.45) is 0 Å². The lowest BCUT2D eigenvalue weighted by molar-refractivity contribution is -0.114. The second-order valence-electron chi connectivity index (χ2n) is 3.45. The number of nitrogens with zero attached hydrogens (tertiary/aromatic N) is 2. The summed E-state index contributed by atoms with van der Waals surface area (Å²) in [6.45, 7) is 1.46. The van der Waals surface area contributed by atoms with E-state index in [1.54, 1.807) is 23.0 Å². The third-order valence-corrected chi connectivity index (χ3v) is 2.03. The summed E-state index contributed by atoms with van der Waals surface area (Å²) in [5.41, 5.74) is 7.81. The van der Waals surface area contributed by atoms with E-state index < -0.39 is 0 Å². The predicted molar refractivity (Wildman–Crippen MR) is 62.3 cm³/mol. The molecule has 0 unspecified atom stereocenters. The Morgan fingerprint density at radius 3 is 2.88 bits per heavy atom. The SMILES string of the molecule is CC(=O)Nc1cc(N)cc(-n2cccn2)c1. The number of rotatable bonds is 2. The molecule has 0 saturated carbocycles. The monoisotopic (exact) mass is 216 g/mol. The summed E-state index contributed by atoms with van der Waals surface area (Å²) in [5.74, 6) is -0.128. The van der Waals surface area contributed by atoms with Gasteiger partial charge < -0.3 is 11.1 Å². The van der Waals surface area contributed by atoms with Crippen LogP contribution in [-0.4, -0.2) is 15.7 Å². The van der Waals surface area contributed by atoms with Crippen molar-refractivity contribution in [3.63, 3.8) is 0 Å². The fraction of sp³-hybridized carbons (Fsp3) is 0.0909. The number of hydrogen-bond donors (Lipinski definition) is 2. The highest BCUT2D eigenvalue weighted by molar-refractivity contribution is 5.89. The summed E-state index contributed by atoms with van der Waals surface area (Å²) in [6, 6.07) is 7.12. The van der Waals surface area contributed by atoms with Gasteiger partial charge in [0.1, 0.15) is 0 Å². The highest BCUT2D eigenvalue weighted by atomic mass is 16.1. The minimum atomic E-state index is -0.128.